The lowest BCUT2D eigenvalue weighted by atomic mass is 10.3. The van der Waals surface area contributed by atoms with E-state index in [2.05, 4.69) is 32.1 Å². The number of carbonyl (C=O) groups excluding carboxylic acids is 1. The molecule has 0 spiro atoms. The number of rotatable bonds is 4. The average molecular weight is 346 g/mol. The van der Waals surface area contributed by atoms with Crippen LogP contribution in [0.15, 0.2) is 17.6 Å². The van der Waals surface area contributed by atoms with E-state index in [0.717, 1.165) is 41.9 Å². The lowest BCUT2D eigenvalue weighted by Crippen LogP contribution is -2.52. The second-order valence-corrected chi connectivity index (χ2v) is 6.62. The van der Waals surface area contributed by atoms with Gasteiger partial charge in [0.25, 0.3) is 0 Å². The van der Waals surface area contributed by atoms with Gasteiger partial charge in [-0.25, -0.2) is 19.7 Å². The number of hydrogen-bond donors (Lipinski definition) is 1. The van der Waals surface area contributed by atoms with E-state index < -0.39 is 0 Å². The van der Waals surface area contributed by atoms with Crippen LogP contribution in [0.25, 0.3) is 0 Å². The highest BCUT2D eigenvalue weighted by molar-refractivity contribution is 7.09. The molecule has 24 heavy (non-hydrogen) atoms. The van der Waals surface area contributed by atoms with Crippen LogP contribution in [0.4, 0.5) is 10.6 Å². The maximum atomic E-state index is 12.3. The molecule has 1 fully saturated rings. The van der Waals surface area contributed by atoms with Crippen molar-refractivity contribution < 1.29 is 4.79 Å². The molecule has 8 heteroatoms. The third kappa shape index (κ3) is 4.00. The van der Waals surface area contributed by atoms with Crippen molar-refractivity contribution in [2.24, 2.45) is 0 Å². The molecular weight excluding hydrogens is 324 g/mol. The highest BCUT2D eigenvalue weighted by Gasteiger charge is 2.21. The fourth-order valence-electron chi connectivity index (χ4n) is 2.63. The molecule has 0 atom stereocenters. The van der Waals surface area contributed by atoms with E-state index >= 15 is 0 Å². The van der Waals surface area contributed by atoms with Crippen molar-refractivity contribution in [3.05, 3.63) is 34.2 Å². The van der Waals surface area contributed by atoms with Crippen molar-refractivity contribution in [2.75, 3.05) is 31.1 Å². The highest BCUT2D eigenvalue weighted by atomic mass is 32.1. The number of amides is 2. The predicted octanol–water partition coefficient (Wildman–Crippen LogP) is 1.84. The third-order valence-electron chi connectivity index (χ3n) is 3.97. The Hall–Kier alpha value is -2.22. The van der Waals surface area contributed by atoms with E-state index in [9.17, 15) is 4.79 Å². The van der Waals surface area contributed by atoms with Gasteiger partial charge in [0.15, 0.2) is 0 Å². The number of carbonyl (C=O) groups is 1. The van der Waals surface area contributed by atoms with E-state index in [1.54, 1.807) is 17.5 Å². The van der Waals surface area contributed by atoms with Gasteiger partial charge in [-0.05, 0) is 19.4 Å². The molecule has 0 aromatic carbocycles. The molecule has 0 unspecified atom stereocenters. The van der Waals surface area contributed by atoms with Gasteiger partial charge in [0, 0.05) is 37.8 Å². The van der Waals surface area contributed by atoms with Gasteiger partial charge < -0.3 is 15.1 Å². The van der Waals surface area contributed by atoms with Gasteiger partial charge in [-0.2, -0.15) is 0 Å². The zero-order valence-corrected chi connectivity index (χ0v) is 14.8. The molecule has 0 saturated carbocycles. The summed E-state index contributed by atoms with van der Waals surface area (Å²) in [5.41, 5.74) is 0.931. The fraction of sp³-hybridized carbons (Fsp3) is 0.500. The first-order valence-electron chi connectivity index (χ1n) is 8.16. The maximum Gasteiger partial charge on any atom is 0.317 e. The van der Waals surface area contributed by atoms with Crippen LogP contribution in [-0.2, 0) is 13.0 Å². The van der Waals surface area contributed by atoms with E-state index in [-0.39, 0.29) is 6.03 Å². The van der Waals surface area contributed by atoms with E-state index in [1.807, 2.05) is 23.3 Å². The Bertz CT molecular complexity index is 695. The normalized spacial score (nSPS) is 14.8. The molecule has 2 amide bonds. The molecule has 3 heterocycles. The molecule has 1 N–H and O–H groups in total. The Labute approximate surface area is 145 Å². The molecule has 1 aliphatic heterocycles. The Morgan fingerprint density at radius 3 is 2.75 bits per heavy atom. The number of nitrogens with zero attached hydrogens (tertiary/aromatic N) is 5. The van der Waals surface area contributed by atoms with Crippen LogP contribution in [0, 0.1) is 6.92 Å². The summed E-state index contributed by atoms with van der Waals surface area (Å²) in [4.78, 5) is 29.4. The number of anilines is 1. The van der Waals surface area contributed by atoms with Crippen LogP contribution in [0.1, 0.15) is 23.4 Å². The Kier molecular flexibility index (Phi) is 5.24. The third-order valence-corrected chi connectivity index (χ3v) is 5.02. The van der Waals surface area contributed by atoms with Gasteiger partial charge in [-0.15, -0.1) is 11.3 Å². The van der Waals surface area contributed by atoms with Crippen LogP contribution >= 0.6 is 11.3 Å². The SMILES string of the molecule is CCc1nc(CNC(=O)N2CCN(c3ccnc(C)n3)CC2)cs1. The van der Waals surface area contributed by atoms with Gasteiger partial charge in [0.2, 0.25) is 0 Å². The Morgan fingerprint density at radius 1 is 1.29 bits per heavy atom. The number of aryl methyl sites for hydroxylation is 2. The van der Waals surface area contributed by atoms with Crippen LogP contribution in [0.5, 0.6) is 0 Å². The first kappa shape index (κ1) is 16.6. The lowest BCUT2D eigenvalue weighted by molar-refractivity contribution is 0.193. The minimum absolute atomic E-state index is 0.0282. The summed E-state index contributed by atoms with van der Waals surface area (Å²) >= 11 is 1.64. The number of aromatic nitrogens is 3. The largest absolute Gasteiger partial charge is 0.353 e. The molecule has 0 bridgehead atoms. The molecule has 7 nitrogen and oxygen atoms in total. The van der Waals surface area contributed by atoms with E-state index in [1.165, 1.54) is 0 Å². The highest BCUT2D eigenvalue weighted by Crippen LogP contribution is 2.13. The number of piperazine rings is 1. The summed E-state index contributed by atoms with van der Waals surface area (Å²) < 4.78 is 0. The maximum absolute atomic E-state index is 12.3. The molecule has 3 rings (SSSR count). The van der Waals surface area contributed by atoms with Crippen molar-refractivity contribution in [3.63, 3.8) is 0 Å². The number of hydrogen-bond acceptors (Lipinski definition) is 6. The lowest BCUT2D eigenvalue weighted by Gasteiger charge is -2.35. The zero-order valence-electron chi connectivity index (χ0n) is 14.0. The molecule has 2 aromatic rings. The van der Waals surface area contributed by atoms with Gasteiger partial charge in [-0.3, -0.25) is 0 Å². The van der Waals surface area contributed by atoms with E-state index in [4.69, 9.17) is 0 Å². The number of thiazole rings is 1. The zero-order chi connectivity index (χ0) is 16.9. The second kappa shape index (κ2) is 7.57. The van der Waals surface area contributed by atoms with Gasteiger partial charge in [0.1, 0.15) is 11.6 Å². The first-order chi connectivity index (χ1) is 11.7. The standard InChI is InChI=1S/C16H22N6OS/c1-3-15-20-13(11-24-15)10-18-16(23)22-8-6-21(7-9-22)14-4-5-17-12(2)19-14/h4-5,11H,3,6-10H2,1-2H3,(H,18,23). The summed E-state index contributed by atoms with van der Waals surface area (Å²) in [6.07, 6.45) is 2.71. The topological polar surface area (TPSA) is 74.2 Å². The van der Waals surface area contributed by atoms with Crippen LogP contribution < -0.4 is 10.2 Å². The Balaban J connectivity index is 1.48. The summed E-state index contributed by atoms with van der Waals surface area (Å²) in [5.74, 6) is 1.69. The Morgan fingerprint density at radius 2 is 2.08 bits per heavy atom. The minimum atomic E-state index is -0.0282. The van der Waals surface area contributed by atoms with Gasteiger partial charge >= 0.3 is 6.03 Å². The first-order valence-corrected chi connectivity index (χ1v) is 9.04. The van der Waals surface area contributed by atoms with Crippen molar-refractivity contribution in [1.82, 2.24) is 25.2 Å². The van der Waals surface area contributed by atoms with Crippen LogP contribution in [0.3, 0.4) is 0 Å². The molecule has 2 aromatic heterocycles. The smallest absolute Gasteiger partial charge is 0.317 e. The van der Waals surface area contributed by atoms with Crippen LogP contribution in [0.2, 0.25) is 0 Å². The van der Waals surface area contributed by atoms with Gasteiger partial charge in [-0.1, -0.05) is 6.92 Å². The summed E-state index contributed by atoms with van der Waals surface area (Å²) in [5, 5.41) is 6.07. The van der Waals surface area contributed by atoms with Crippen molar-refractivity contribution in [2.45, 2.75) is 26.8 Å². The van der Waals surface area contributed by atoms with Crippen molar-refractivity contribution >= 4 is 23.2 Å². The molecule has 128 valence electrons. The monoisotopic (exact) mass is 346 g/mol. The van der Waals surface area contributed by atoms with Gasteiger partial charge in [0.05, 0.1) is 17.2 Å². The van der Waals surface area contributed by atoms with Crippen molar-refractivity contribution in [1.29, 1.82) is 0 Å². The average Bonchev–Trinajstić information content (AvgIpc) is 3.08. The molecule has 0 radical (unpaired) electrons. The minimum Gasteiger partial charge on any atom is -0.353 e. The van der Waals surface area contributed by atoms with Crippen molar-refractivity contribution in [3.8, 4) is 0 Å². The number of nitrogens with one attached hydrogen (secondary N) is 1. The molecule has 0 aliphatic carbocycles. The molecule has 1 aliphatic rings. The predicted molar refractivity (Wildman–Crippen MR) is 94.3 cm³/mol. The van der Waals surface area contributed by atoms with Crippen LogP contribution in [-0.4, -0.2) is 52.1 Å². The summed E-state index contributed by atoms with van der Waals surface area (Å²) in [6.45, 7) is 7.38. The summed E-state index contributed by atoms with van der Waals surface area (Å²) in [6, 6.07) is 1.88. The van der Waals surface area contributed by atoms with E-state index in [0.29, 0.717) is 19.6 Å². The second-order valence-electron chi connectivity index (χ2n) is 5.68. The molecule has 1 saturated heterocycles. The molecular formula is C16H22N6OS. The fourth-order valence-corrected chi connectivity index (χ4v) is 3.37. The quantitative estimate of drug-likeness (QED) is 0.914. The number of urea groups is 1. The summed E-state index contributed by atoms with van der Waals surface area (Å²) in [7, 11) is 0.